The highest BCUT2D eigenvalue weighted by atomic mass is 35.5. The minimum atomic E-state index is -0.705. The Labute approximate surface area is 109 Å². The van der Waals surface area contributed by atoms with Crippen LogP contribution in [0.2, 0.25) is 5.02 Å². The van der Waals surface area contributed by atoms with Crippen LogP contribution < -0.4 is 0 Å². The number of Topliss-reactive ketones (excluding diaryl/α,β-unsaturated/α-hetero) is 1. The van der Waals surface area contributed by atoms with Crippen LogP contribution in [0.5, 0.6) is 0 Å². The standard InChI is InChI=1S/C14H17ClOS/c1-17(6-2-3-7-17)13-9-10-8-11(15)4-5-12(10)14(13)16/h4-5,8,13H,2-3,6-7,9H2,1H3. The highest BCUT2D eigenvalue weighted by Crippen LogP contribution is 2.58. The second-order valence-corrected chi connectivity index (χ2v) is 9.85. The van der Waals surface area contributed by atoms with Crippen molar-refractivity contribution in [1.82, 2.24) is 0 Å². The summed E-state index contributed by atoms with van der Waals surface area (Å²) in [4.78, 5) is 12.5. The Morgan fingerprint density at radius 3 is 2.71 bits per heavy atom. The quantitative estimate of drug-likeness (QED) is 0.759. The average molecular weight is 269 g/mol. The Hall–Kier alpha value is -0.470. The fraction of sp³-hybridized carbons (Fsp3) is 0.500. The lowest BCUT2D eigenvalue weighted by atomic mass is 10.1. The minimum absolute atomic E-state index is 0.276. The molecule has 1 atom stereocenters. The van der Waals surface area contributed by atoms with Crippen molar-refractivity contribution in [2.24, 2.45) is 0 Å². The summed E-state index contributed by atoms with van der Waals surface area (Å²) in [6.07, 6.45) is 5.93. The molecule has 0 spiro atoms. The Bertz CT molecular complexity index is 477. The highest BCUT2D eigenvalue weighted by Gasteiger charge is 2.41. The minimum Gasteiger partial charge on any atom is -0.293 e. The van der Waals surface area contributed by atoms with Crippen molar-refractivity contribution in [3.8, 4) is 0 Å². The molecule has 1 aliphatic carbocycles. The Kier molecular flexibility index (Phi) is 2.75. The maximum atomic E-state index is 12.5. The van der Waals surface area contributed by atoms with Gasteiger partial charge in [0.2, 0.25) is 0 Å². The molecule has 0 N–H and O–H groups in total. The number of carbonyl (C=O) groups excluding carboxylic acids is 1. The number of fused-ring (bicyclic) bond motifs is 1. The van der Waals surface area contributed by atoms with Crippen molar-refractivity contribution in [1.29, 1.82) is 0 Å². The monoisotopic (exact) mass is 268 g/mol. The zero-order valence-electron chi connectivity index (χ0n) is 10.0. The number of hydrogen-bond acceptors (Lipinski definition) is 1. The summed E-state index contributed by atoms with van der Waals surface area (Å²) in [7, 11) is -0.705. The third kappa shape index (κ3) is 1.82. The summed E-state index contributed by atoms with van der Waals surface area (Å²) >= 11 is 6.01. The molecule has 1 aromatic rings. The SMILES string of the molecule is CS1(C2Cc3cc(Cl)ccc3C2=O)CCCC1. The lowest BCUT2D eigenvalue weighted by Gasteiger charge is -2.36. The van der Waals surface area contributed by atoms with Crippen LogP contribution in [0.4, 0.5) is 0 Å². The van der Waals surface area contributed by atoms with Crippen molar-refractivity contribution >= 4 is 27.4 Å². The molecular weight excluding hydrogens is 252 g/mol. The van der Waals surface area contributed by atoms with E-state index in [2.05, 4.69) is 6.26 Å². The van der Waals surface area contributed by atoms with Gasteiger partial charge in [0.15, 0.2) is 5.78 Å². The number of carbonyl (C=O) groups is 1. The molecule has 0 amide bonds. The van der Waals surface area contributed by atoms with E-state index >= 15 is 0 Å². The summed E-state index contributed by atoms with van der Waals surface area (Å²) in [6.45, 7) is 0. The third-order valence-electron chi connectivity index (χ3n) is 4.19. The van der Waals surface area contributed by atoms with Crippen molar-refractivity contribution < 1.29 is 4.79 Å². The largest absolute Gasteiger partial charge is 0.293 e. The van der Waals surface area contributed by atoms with E-state index in [1.54, 1.807) is 0 Å². The first-order valence-electron chi connectivity index (χ1n) is 6.15. The van der Waals surface area contributed by atoms with Crippen molar-refractivity contribution in [2.45, 2.75) is 24.5 Å². The number of rotatable bonds is 1. The lowest BCUT2D eigenvalue weighted by molar-refractivity contribution is 0.0999. The predicted octanol–water partition coefficient (Wildman–Crippen LogP) is 3.68. The molecule has 1 nitrogen and oxygen atoms in total. The fourth-order valence-electron chi connectivity index (χ4n) is 3.15. The molecule has 17 heavy (non-hydrogen) atoms. The van der Waals surface area contributed by atoms with Gasteiger partial charge in [-0.15, -0.1) is 0 Å². The summed E-state index contributed by atoms with van der Waals surface area (Å²) in [6, 6.07) is 5.73. The molecule has 2 aliphatic rings. The number of halogens is 1. The number of ketones is 1. The van der Waals surface area contributed by atoms with Gasteiger partial charge in [0, 0.05) is 10.6 Å². The van der Waals surface area contributed by atoms with Gasteiger partial charge in [-0.25, -0.2) is 10.0 Å². The second-order valence-electron chi connectivity index (χ2n) is 5.32. The topological polar surface area (TPSA) is 17.1 Å². The van der Waals surface area contributed by atoms with Crippen molar-refractivity contribution in [3.05, 3.63) is 34.3 Å². The summed E-state index contributed by atoms with van der Waals surface area (Å²) in [5.41, 5.74) is 2.10. The Balaban J connectivity index is 1.96. The molecule has 1 heterocycles. The van der Waals surface area contributed by atoms with Crippen LogP contribution in [0, 0.1) is 0 Å². The van der Waals surface area contributed by atoms with Crippen LogP contribution in [-0.4, -0.2) is 28.8 Å². The van der Waals surface area contributed by atoms with E-state index in [0.717, 1.165) is 17.0 Å². The Morgan fingerprint density at radius 2 is 2.00 bits per heavy atom. The first kappa shape index (κ1) is 11.6. The molecule has 0 radical (unpaired) electrons. The van der Waals surface area contributed by atoms with Gasteiger partial charge in [0.25, 0.3) is 0 Å². The van der Waals surface area contributed by atoms with Crippen LogP contribution in [0.1, 0.15) is 28.8 Å². The van der Waals surface area contributed by atoms with Gasteiger partial charge in [-0.3, -0.25) is 4.79 Å². The molecule has 3 heteroatoms. The predicted molar refractivity (Wildman–Crippen MR) is 75.8 cm³/mol. The summed E-state index contributed by atoms with van der Waals surface area (Å²) < 4.78 is 0. The maximum Gasteiger partial charge on any atom is 0.174 e. The van der Waals surface area contributed by atoms with E-state index in [-0.39, 0.29) is 5.25 Å². The van der Waals surface area contributed by atoms with Crippen molar-refractivity contribution in [2.75, 3.05) is 17.8 Å². The zero-order valence-corrected chi connectivity index (χ0v) is 11.6. The van der Waals surface area contributed by atoms with Gasteiger partial charge in [0.05, 0.1) is 5.25 Å². The van der Waals surface area contributed by atoms with Crippen LogP contribution in [0.15, 0.2) is 18.2 Å². The van der Waals surface area contributed by atoms with Gasteiger partial charge in [-0.2, -0.15) is 0 Å². The maximum absolute atomic E-state index is 12.5. The molecule has 1 saturated heterocycles. The Morgan fingerprint density at radius 1 is 1.29 bits per heavy atom. The van der Waals surface area contributed by atoms with E-state index in [9.17, 15) is 4.79 Å². The van der Waals surface area contributed by atoms with E-state index in [1.165, 1.54) is 29.9 Å². The molecule has 0 aromatic heterocycles. The number of hydrogen-bond donors (Lipinski definition) is 0. The molecular formula is C14H17ClOS. The molecule has 0 bridgehead atoms. The zero-order chi connectivity index (χ0) is 12.0. The van der Waals surface area contributed by atoms with Crippen LogP contribution in [0.25, 0.3) is 0 Å². The van der Waals surface area contributed by atoms with Gasteiger partial charge in [-0.05, 0) is 60.8 Å². The van der Waals surface area contributed by atoms with Crippen LogP contribution in [0.3, 0.4) is 0 Å². The second kappa shape index (κ2) is 4.03. The summed E-state index contributed by atoms with van der Waals surface area (Å²) in [5, 5.41) is 1.03. The molecule has 1 fully saturated rings. The van der Waals surface area contributed by atoms with E-state index in [1.807, 2.05) is 18.2 Å². The van der Waals surface area contributed by atoms with Crippen LogP contribution >= 0.6 is 21.6 Å². The normalized spacial score (nSPS) is 28.1. The smallest absolute Gasteiger partial charge is 0.174 e. The van der Waals surface area contributed by atoms with Gasteiger partial charge in [-0.1, -0.05) is 11.6 Å². The first-order valence-corrected chi connectivity index (χ1v) is 8.97. The molecule has 92 valence electrons. The molecule has 1 aliphatic heterocycles. The fourth-order valence-corrected chi connectivity index (χ4v) is 7.07. The lowest BCUT2D eigenvalue weighted by Crippen LogP contribution is -2.25. The summed E-state index contributed by atoms with van der Waals surface area (Å²) in [5.74, 6) is 2.95. The number of benzene rings is 1. The van der Waals surface area contributed by atoms with E-state index in [4.69, 9.17) is 11.6 Å². The van der Waals surface area contributed by atoms with E-state index in [0.29, 0.717) is 5.78 Å². The van der Waals surface area contributed by atoms with Crippen LogP contribution in [-0.2, 0) is 6.42 Å². The first-order chi connectivity index (χ1) is 8.10. The molecule has 0 saturated carbocycles. The average Bonchev–Trinajstić information content (AvgIpc) is 2.85. The van der Waals surface area contributed by atoms with Gasteiger partial charge < -0.3 is 0 Å². The molecule has 1 unspecified atom stereocenters. The molecule has 3 rings (SSSR count). The van der Waals surface area contributed by atoms with Gasteiger partial charge >= 0.3 is 0 Å². The highest BCUT2D eigenvalue weighted by molar-refractivity contribution is 8.34. The van der Waals surface area contributed by atoms with Crippen molar-refractivity contribution in [3.63, 3.8) is 0 Å². The van der Waals surface area contributed by atoms with Gasteiger partial charge in [0.1, 0.15) is 0 Å². The van der Waals surface area contributed by atoms with E-state index < -0.39 is 10.0 Å². The molecule has 1 aromatic carbocycles. The third-order valence-corrected chi connectivity index (χ3v) is 8.62.